The summed E-state index contributed by atoms with van der Waals surface area (Å²) in [6.45, 7) is 5.25. The molecular weight excluding hydrogens is 352 g/mol. The molecule has 3 rings (SSSR count). The number of carbonyl (C=O) groups is 2. The highest BCUT2D eigenvalue weighted by Gasteiger charge is 2.29. The van der Waals surface area contributed by atoms with E-state index < -0.39 is 0 Å². The summed E-state index contributed by atoms with van der Waals surface area (Å²) in [5.74, 6) is 0.516. The van der Waals surface area contributed by atoms with Gasteiger partial charge in [-0.15, -0.1) is 0 Å². The van der Waals surface area contributed by atoms with Crippen LogP contribution in [0.2, 0.25) is 0 Å². The lowest BCUT2D eigenvalue weighted by molar-refractivity contribution is -0.121. The van der Waals surface area contributed by atoms with Crippen molar-refractivity contribution in [1.82, 2.24) is 4.90 Å². The van der Waals surface area contributed by atoms with Crippen LogP contribution in [0.3, 0.4) is 0 Å². The summed E-state index contributed by atoms with van der Waals surface area (Å²) in [5.41, 5.74) is 3.73. The van der Waals surface area contributed by atoms with Crippen LogP contribution in [0.25, 0.3) is 0 Å². The first-order chi connectivity index (χ1) is 13.5. The number of nitrogens with one attached hydrogen (secondary N) is 1. The Kier molecular flexibility index (Phi) is 6.34. The van der Waals surface area contributed by atoms with Crippen LogP contribution < -0.4 is 10.1 Å². The van der Waals surface area contributed by atoms with E-state index in [-0.39, 0.29) is 17.7 Å². The number of para-hydroxylation sites is 2. The number of rotatable bonds is 5. The quantitative estimate of drug-likeness (QED) is 0.851. The highest BCUT2D eigenvalue weighted by Crippen LogP contribution is 2.26. The first kappa shape index (κ1) is 19.9. The van der Waals surface area contributed by atoms with Gasteiger partial charge in [0.2, 0.25) is 5.91 Å². The van der Waals surface area contributed by atoms with Crippen molar-refractivity contribution in [1.29, 1.82) is 0 Å². The Labute approximate surface area is 166 Å². The van der Waals surface area contributed by atoms with Crippen molar-refractivity contribution in [2.45, 2.75) is 33.1 Å². The van der Waals surface area contributed by atoms with E-state index in [4.69, 9.17) is 4.74 Å². The SMILES string of the molecule is CCc1cccc(C)c1NC(=O)C1CCN(C(=O)c2ccccc2OC)CC1. The van der Waals surface area contributed by atoms with Crippen LogP contribution in [0.5, 0.6) is 5.75 Å². The van der Waals surface area contributed by atoms with Crippen molar-refractivity contribution >= 4 is 17.5 Å². The third kappa shape index (κ3) is 4.19. The molecule has 1 heterocycles. The molecule has 5 nitrogen and oxygen atoms in total. The van der Waals surface area contributed by atoms with Gasteiger partial charge in [0.25, 0.3) is 5.91 Å². The topological polar surface area (TPSA) is 58.6 Å². The van der Waals surface area contributed by atoms with Crippen molar-refractivity contribution in [3.63, 3.8) is 0 Å². The molecule has 28 heavy (non-hydrogen) atoms. The number of amides is 2. The lowest BCUT2D eigenvalue weighted by atomic mass is 9.94. The number of methoxy groups -OCH3 is 1. The molecule has 0 radical (unpaired) electrons. The van der Waals surface area contributed by atoms with E-state index in [1.807, 2.05) is 36.1 Å². The Balaban J connectivity index is 1.62. The second kappa shape index (κ2) is 8.91. The van der Waals surface area contributed by atoms with Gasteiger partial charge in [0.1, 0.15) is 5.75 Å². The van der Waals surface area contributed by atoms with Crippen molar-refractivity contribution in [3.8, 4) is 5.75 Å². The zero-order valence-corrected chi connectivity index (χ0v) is 16.8. The smallest absolute Gasteiger partial charge is 0.257 e. The van der Waals surface area contributed by atoms with Crippen molar-refractivity contribution in [2.24, 2.45) is 5.92 Å². The summed E-state index contributed by atoms with van der Waals surface area (Å²) < 4.78 is 5.30. The molecule has 2 aromatic rings. The highest BCUT2D eigenvalue weighted by molar-refractivity contribution is 5.97. The maximum Gasteiger partial charge on any atom is 0.257 e. The van der Waals surface area contributed by atoms with Crippen LogP contribution in [0.15, 0.2) is 42.5 Å². The molecule has 1 N–H and O–H groups in total. The minimum absolute atomic E-state index is 0.0384. The summed E-state index contributed by atoms with van der Waals surface area (Å²) in [5, 5.41) is 3.13. The number of piperidine rings is 1. The number of hydrogen-bond donors (Lipinski definition) is 1. The molecule has 1 saturated heterocycles. The van der Waals surface area contributed by atoms with E-state index in [1.54, 1.807) is 19.2 Å². The van der Waals surface area contributed by atoms with Gasteiger partial charge in [0.05, 0.1) is 12.7 Å². The Morgan fingerprint density at radius 3 is 2.50 bits per heavy atom. The molecule has 1 aliphatic heterocycles. The molecule has 0 bridgehead atoms. The van der Waals surface area contributed by atoms with Gasteiger partial charge in [-0.1, -0.05) is 37.3 Å². The van der Waals surface area contributed by atoms with Gasteiger partial charge < -0.3 is 15.0 Å². The first-order valence-corrected chi connectivity index (χ1v) is 9.86. The third-order valence-corrected chi connectivity index (χ3v) is 5.48. The van der Waals surface area contributed by atoms with Gasteiger partial charge in [-0.3, -0.25) is 9.59 Å². The van der Waals surface area contributed by atoms with Gasteiger partial charge in [0.15, 0.2) is 0 Å². The van der Waals surface area contributed by atoms with Crippen LogP contribution in [-0.4, -0.2) is 36.9 Å². The van der Waals surface area contributed by atoms with Gasteiger partial charge >= 0.3 is 0 Å². The Bertz CT molecular complexity index is 855. The number of benzene rings is 2. The van der Waals surface area contributed by atoms with E-state index in [9.17, 15) is 9.59 Å². The molecule has 1 aliphatic rings. The molecule has 0 saturated carbocycles. The Morgan fingerprint density at radius 2 is 1.82 bits per heavy atom. The second-order valence-corrected chi connectivity index (χ2v) is 7.22. The number of anilines is 1. The van der Waals surface area contributed by atoms with Crippen LogP contribution in [0.4, 0.5) is 5.69 Å². The molecule has 0 unspecified atom stereocenters. The minimum Gasteiger partial charge on any atom is -0.496 e. The minimum atomic E-state index is -0.0777. The molecule has 1 fully saturated rings. The summed E-state index contributed by atoms with van der Waals surface area (Å²) in [7, 11) is 1.57. The lowest BCUT2D eigenvalue weighted by Gasteiger charge is -2.32. The number of aryl methyl sites for hydroxylation is 2. The molecule has 0 aliphatic carbocycles. The van der Waals surface area contributed by atoms with E-state index >= 15 is 0 Å². The fourth-order valence-electron chi connectivity index (χ4n) is 3.76. The average molecular weight is 380 g/mol. The van der Waals surface area contributed by atoms with Crippen LogP contribution in [-0.2, 0) is 11.2 Å². The van der Waals surface area contributed by atoms with Crippen LogP contribution in [0.1, 0.15) is 41.3 Å². The average Bonchev–Trinajstić information content (AvgIpc) is 2.74. The number of carbonyl (C=O) groups excluding carboxylic acids is 2. The first-order valence-electron chi connectivity index (χ1n) is 9.86. The zero-order valence-electron chi connectivity index (χ0n) is 16.8. The molecule has 0 atom stereocenters. The lowest BCUT2D eigenvalue weighted by Crippen LogP contribution is -2.41. The van der Waals surface area contributed by atoms with Crippen LogP contribution >= 0.6 is 0 Å². The molecule has 0 spiro atoms. The molecule has 2 aromatic carbocycles. The fourth-order valence-corrected chi connectivity index (χ4v) is 3.76. The number of ether oxygens (including phenoxy) is 1. The number of hydrogen-bond acceptors (Lipinski definition) is 3. The van der Waals surface area contributed by atoms with Crippen LogP contribution in [0, 0.1) is 12.8 Å². The predicted octanol–water partition coefficient (Wildman–Crippen LogP) is 4.06. The van der Waals surface area contributed by atoms with Gasteiger partial charge in [-0.05, 0) is 49.4 Å². The van der Waals surface area contributed by atoms with Gasteiger partial charge in [0, 0.05) is 24.7 Å². The molecule has 148 valence electrons. The highest BCUT2D eigenvalue weighted by atomic mass is 16.5. The molecular formula is C23H28N2O3. The molecule has 5 heteroatoms. The molecule has 2 amide bonds. The van der Waals surface area contributed by atoms with E-state index in [0.717, 1.165) is 23.2 Å². The monoisotopic (exact) mass is 380 g/mol. The third-order valence-electron chi connectivity index (χ3n) is 5.48. The van der Waals surface area contributed by atoms with E-state index in [1.165, 1.54) is 0 Å². The predicted molar refractivity (Wildman–Crippen MR) is 111 cm³/mol. The standard InChI is InChI=1S/C23H28N2O3/c1-4-17-9-7-8-16(2)21(17)24-22(26)18-12-14-25(15-13-18)23(27)19-10-5-6-11-20(19)28-3/h5-11,18H,4,12-15H2,1-3H3,(H,24,26). The normalized spacial score (nSPS) is 14.6. The van der Waals surface area contributed by atoms with Crippen molar-refractivity contribution < 1.29 is 14.3 Å². The van der Waals surface area contributed by atoms with Gasteiger partial charge in [-0.2, -0.15) is 0 Å². The van der Waals surface area contributed by atoms with Crippen molar-refractivity contribution in [3.05, 3.63) is 59.2 Å². The zero-order chi connectivity index (χ0) is 20.1. The second-order valence-electron chi connectivity index (χ2n) is 7.22. The summed E-state index contributed by atoms with van der Waals surface area (Å²) >= 11 is 0. The Morgan fingerprint density at radius 1 is 1.11 bits per heavy atom. The largest absolute Gasteiger partial charge is 0.496 e. The maximum atomic E-state index is 12.8. The van der Waals surface area contributed by atoms with Crippen molar-refractivity contribution in [2.75, 3.05) is 25.5 Å². The van der Waals surface area contributed by atoms with E-state index in [0.29, 0.717) is 37.2 Å². The van der Waals surface area contributed by atoms with E-state index in [2.05, 4.69) is 18.3 Å². The Hall–Kier alpha value is -2.82. The summed E-state index contributed by atoms with van der Waals surface area (Å²) in [6.07, 6.45) is 2.21. The number of likely N-dealkylation sites (tertiary alicyclic amines) is 1. The number of nitrogens with zero attached hydrogens (tertiary/aromatic N) is 1. The van der Waals surface area contributed by atoms with Gasteiger partial charge in [-0.25, -0.2) is 0 Å². The molecule has 0 aromatic heterocycles. The fraction of sp³-hybridized carbons (Fsp3) is 0.391. The summed E-state index contributed by atoms with van der Waals surface area (Å²) in [4.78, 5) is 27.4. The summed E-state index contributed by atoms with van der Waals surface area (Å²) in [6, 6.07) is 13.4. The maximum absolute atomic E-state index is 12.8.